The number of methoxy groups -OCH3 is 1. The zero-order valence-corrected chi connectivity index (χ0v) is 19.6. The number of likely N-dealkylation sites (tertiary alicyclic amines) is 1. The van der Waals surface area contributed by atoms with Crippen LogP contribution in [0.25, 0.3) is 5.69 Å². The molecule has 2 saturated heterocycles. The molecule has 10 heteroatoms. The van der Waals surface area contributed by atoms with E-state index >= 15 is 0 Å². The molecule has 4 N–H and O–H groups in total. The number of piperidine rings is 1. The number of benzene rings is 1. The van der Waals surface area contributed by atoms with Crippen molar-refractivity contribution in [2.24, 2.45) is 17.1 Å². The summed E-state index contributed by atoms with van der Waals surface area (Å²) in [6.45, 7) is 6.75. The number of ether oxygens (including phenoxy) is 1. The molecule has 10 nitrogen and oxygen atoms in total. The highest BCUT2D eigenvalue weighted by atomic mass is 16.5. The smallest absolute Gasteiger partial charge is 0.354 e. The molecule has 5 rings (SSSR count). The number of nitrogens with one attached hydrogen (secondary N) is 2. The number of anilines is 1. The summed E-state index contributed by atoms with van der Waals surface area (Å²) < 4.78 is 7.09. The average molecular weight is 468 g/mol. The second-order valence-electron chi connectivity index (χ2n) is 9.58. The first-order valence-electron chi connectivity index (χ1n) is 12.0. The second kappa shape index (κ2) is 9.36. The van der Waals surface area contributed by atoms with Gasteiger partial charge in [-0.15, -0.1) is 0 Å². The third-order valence-electron chi connectivity index (χ3n) is 7.47. The van der Waals surface area contributed by atoms with Crippen molar-refractivity contribution in [3.8, 4) is 11.4 Å². The number of fused-ring (bicyclic) bond motifs is 1. The maximum atomic E-state index is 12.7. The van der Waals surface area contributed by atoms with Gasteiger partial charge < -0.3 is 25.6 Å². The lowest BCUT2D eigenvalue weighted by Crippen LogP contribution is -2.48. The van der Waals surface area contributed by atoms with Crippen LogP contribution in [0.3, 0.4) is 0 Å². The summed E-state index contributed by atoms with van der Waals surface area (Å²) in [5, 5.41) is 5.92. The van der Waals surface area contributed by atoms with Crippen molar-refractivity contribution in [3.05, 3.63) is 46.5 Å². The van der Waals surface area contributed by atoms with Gasteiger partial charge in [0.25, 0.3) is 0 Å². The number of amides is 2. The lowest BCUT2D eigenvalue weighted by Gasteiger charge is -2.27. The number of nitrogens with zero attached hydrogens (tertiary/aromatic N) is 4. The van der Waals surface area contributed by atoms with Crippen LogP contribution < -0.4 is 26.8 Å². The Bertz CT molecular complexity index is 1110. The zero-order valence-electron chi connectivity index (χ0n) is 19.6. The summed E-state index contributed by atoms with van der Waals surface area (Å²) in [6, 6.07) is 7.16. The zero-order chi connectivity index (χ0) is 23.7. The number of hydrogen-bond donors (Lipinski definition) is 3. The van der Waals surface area contributed by atoms with Crippen LogP contribution in [0.5, 0.6) is 5.75 Å². The van der Waals surface area contributed by atoms with Gasteiger partial charge in [-0.2, -0.15) is 4.98 Å². The minimum absolute atomic E-state index is 0.243. The highest BCUT2D eigenvalue weighted by molar-refractivity contribution is 5.88. The summed E-state index contributed by atoms with van der Waals surface area (Å²) in [6.07, 6.45) is 3.78. The lowest BCUT2D eigenvalue weighted by atomic mass is 10.1. The van der Waals surface area contributed by atoms with Crippen LogP contribution in [-0.2, 0) is 6.42 Å². The van der Waals surface area contributed by atoms with Crippen molar-refractivity contribution in [1.29, 1.82) is 0 Å². The number of carbonyl (C=O) groups excluding carboxylic acids is 1. The average Bonchev–Trinajstić information content (AvgIpc) is 3.43. The predicted molar refractivity (Wildman–Crippen MR) is 130 cm³/mol. The molecule has 182 valence electrons. The maximum absolute atomic E-state index is 12.7. The van der Waals surface area contributed by atoms with Gasteiger partial charge in [-0.1, -0.05) is 6.07 Å². The minimum atomic E-state index is -0.462. The molecule has 2 unspecified atom stereocenters. The molecule has 0 radical (unpaired) electrons. The third kappa shape index (κ3) is 4.53. The highest BCUT2D eigenvalue weighted by Crippen LogP contribution is 2.56. The topological polar surface area (TPSA) is 118 Å². The van der Waals surface area contributed by atoms with Gasteiger partial charge in [-0.3, -0.25) is 9.88 Å². The number of piperazine rings is 1. The number of rotatable bonds is 7. The fourth-order valence-electron chi connectivity index (χ4n) is 5.28. The lowest BCUT2D eigenvalue weighted by molar-refractivity contribution is 0.204. The molecule has 0 spiro atoms. The number of urea groups is 1. The first kappa shape index (κ1) is 22.8. The van der Waals surface area contributed by atoms with E-state index in [2.05, 4.69) is 20.5 Å². The Morgan fingerprint density at radius 2 is 2.15 bits per heavy atom. The van der Waals surface area contributed by atoms with E-state index in [1.807, 2.05) is 18.2 Å². The van der Waals surface area contributed by atoms with E-state index in [4.69, 9.17) is 10.5 Å². The number of aromatic nitrogens is 2. The van der Waals surface area contributed by atoms with Crippen LogP contribution in [0.1, 0.15) is 12.0 Å². The Labute approximate surface area is 199 Å². The molecule has 2 aromatic rings. The van der Waals surface area contributed by atoms with E-state index in [-0.39, 0.29) is 11.8 Å². The van der Waals surface area contributed by atoms with Crippen LogP contribution in [0.4, 0.5) is 10.6 Å². The van der Waals surface area contributed by atoms with E-state index in [1.54, 1.807) is 24.3 Å². The Balaban J connectivity index is 1.24. The summed E-state index contributed by atoms with van der Waals surface area (Å²) in [4.78, 5) is 33.3. The van der Waals surface area contributed by atoms with Gasteiger partial charge in [-0.25, -0.2) is 9.59 Å². The van der Waals surface area contributed by atoms with Gasteiger partial charge in [0.2, 0.25) is 0 Å². The first-order chi connectivity index (χ1) is 16.5. The Morgan fingerprint density at radius 1 is 1.32 bits per heavy atom. The van der Waals surface area contributed by atoms with Crippen molar-refractivity contribution >= 4 is 11.8 Å². The summed E-state index contributed by atoms with van der Waals surface area (Å²) >= 11 is 0. The number of nitrogens with two attached hydrogens (primary N) is 1. The van der Waals surface area contributed by atoms with Gasteiger partial charge >= 0.3 is 11.7 Å². The molecule has 3 heterocycles. The van der Waals surface area contributed by atoms with E-state index in [1.165, 1.54) is 11.0 Å². The second-order valence-corrected chi connectivity index (χ2v) is 9.58. The van der Waals surface area contributed by atoms with Gasteiger partial charge in [0.15, 0.2) is 0 Å². The molecule has 1 aromatic heterocycles. The van der Waals surface area contributed by atoms with Crippen molar-refractivity contribution in [1.82, 2.24) is 24.7 Å². The molecule has 1 aromatic carbocycles. The summed E-state index contributed by atoms with van der Waals surface area (Å²) in [5.74, 6) is 1.76. The molecule has 3 fully saturated rings. The molecule has 2 atom stereocenters. The molecule has 2 aliphatic heterocycles. The van der Waals surface area contributed by atoms with Crippen LogP contribution in [0.2, 0.25) is 0 Å². The van der Waals surface area contributed by atoms with Crippen LogP contribution in [0, 0.1) is 11.3 Å². The van der Waals surface area contributed by atoms with Crippen molar-refractivity contribution in [2.45, 2.75) is 12.8 Å². The van der Waals surface area contributed by atoms with Crippen LogP contribution >= 0.6 is 0 Å². The normalized spacial score (nSPS) is 24.1. The number of hydrogen-bond acceptors (Lipinski definition) is 7. The fraction of sp³-hybridized carbons (Fsp3) is 0.542. The fourth-order valence-corrected chi connectivity index (χ4v) is 5.28. The molecule has 0 bridgehead atoms. The Morgan fingerprint density at radius 3 is 2.85 bits per heavy atom. The van der Waals surface area contributed by atoms with E-state index in [0.717, 1.165) is 62.9 Å². The van der Waals surface area contributed by atoms with Crippen molar-refractivity contribution in [2.75, 3.05) is 64.8 Å². The van der Waals surface area contributed by atoms with Crippen molar-refractivity contribution < 1.29 is 9.53 Å². The summed E-state index contributed by atoms with van der Waals surface area (Å²) in [7, 11) is 1.65. The maximum Gasteiger partial charge on any atom is 0.354 e. The molecule has 34 heavy (non-hydrogen) atoms. The largest absolute Gasteiger partial charge is 0.496 e. The van der Waals surface area contributed by atoms with Gasteiger partial charge in [0.1, 0.15) is 11.6 Å². The predicted octanol–water partition coefficient (Wildman–Crippen LogP) is 0.501. The molecular weight excluding hydrogens is 434 g/mol. The SMILES string of the molecule is COc1cc(-n2ccc(NC(=O)N3CCNCC3)nc2=O)ccc1CCN1CC2CC2(CN)C1. The van der Waals surface area contributed by atoms with Gasteiger partial charge in [0.05, 0.1) is 12.8 Å². The molecule has 3 aliphatic rings. The number of carbonyl (C=O) groups is 1. The quantitative estimate of drug-likeness (QED) is 0.543. The van der Waals surface area contributed by atoms with Crippen LogP contribution in [-0.4, -0.2) is 84.8 Å². The third-order valence-corrected chi connectivity index (χ3v) is 7.47. The molecule has 1 aliphatic carbocycles. The van der Waals surface area contributed by atoms with E-state index in [9.17, 15) is 9.59 Å². The Hall–Kier alpha value is -2.95. The molecular formula is C24H33N7O3. The van der Waals surface area contributed by atoms with Crippen LogP contribution in [0.15, 0.2) is 35.3 Å². The Kier molecular flexibility index (Phi) is 6.28. The standard InChI is InChI=1S/C24H33N7O3/c1-34-20-12-19(3-2-17(20)4-8-29-14-18-13-24(18,15-25)16-29)31-9-5-21(28-23(31)33)27-22(32)30-10-6-26-7-11-30/h2-3,5,9,12,18,26H,4,6-8,10-11,13-16,25H2,1H3,(H,27,28,32,33). The molecule has 2 amide bonds. The van der Waals surface area contributed by atoms with Gasteiger partial charge in [-0.05, 0) is 48.4 Å². The van der Waals surface area contributed by atoms with E-state index < -0.39 is 5.69 Å². The van der Waals surface area contributed by atoms with Gasteiger partial charge in [0, 0.05) is 58.1 Å². The highest BCUT2D eigenvalue weighted by Gasteiger charge is 2.58. The minimum Gasteiger partial charge on any atom is -0.496 e. The molecule has 1 saturated carbocycles. The monoisotopic (exact) mass is 467 g/mol. The van der Waals surface area contributed by atoms with E-state index in [0.29, 0.717) is 24.2 Å². The summed E-state index contributed by atoms with van der Waals surface area (Å²) in [5.41, 5.74) is 7.66. The first-order valence-corrected chi connectivity index (χ1v) is 12.0. The van der Waals surface area contributed by atoms with Crippen molar-refractivity contribution in [3.63, 3.8) is 0 Å².